The number of guanidine groups is 1. The van der Waals surface area contributed by atoms with Crippen molar-refractivity contribution in [1.82, 2.24) is 10.2 Å². The van der Waals surface area contributed by atoms with Crippen molar-refractivity contribution in [3.63, 3.8) is 0 Å². The van der Waals surface area contributed by atoms with Crippen LogP contribution in [0.5, 0.6) is 11.5 Å². The molecule has 8 heteroatoms. The summed E-state index contributed by atoms with van der Waals surface area (Å²) in [7, 11) is 1.66. The van der Waals surface area contributed by atoms with Gasteiger partial charge in [-0.15, -0.1) is 24.0 Å². The first-order valence-corrected chi connectivity index (χ1v) is 10.3. The maximum Gasteiger partial charge on any atom is 0.194 e. The summed E-state index contributed by atoms with van der Waals surface area (Å²) < 4.78 is 22.9. The molecule has 0 bridgehead atoms. The fourth-order valence-corrected chi connectivity index (χ4v) is 3.55. The van der Waals surface area contributed by atoms with Crippen LogP contribution in [0.4, 0.5) is 0 Å². The highest BCUT2D eigenvalue weighted by Crippen LogP contribution is 2.21. The molecule has 3 atom stereocenters. The quantitative estimate of drug-likeness (QED) is 0.340. The number of benzene rings is 1. The van der Waals surface area contributed by atoms with Crippen LogP contribution >= 0.6 is 24.0 Å². The minimum absolute atomic E-state index is 0. The normalized spacial score (nSPS) is 23.3. The lowest BCUT2D eigenvalue weighted by atomic mass is 10.1. The van der Waals surface area contributed by atoms with Gasteiger partial charge in [0.15, 0.2) is 5.96 Å². The van der Waals surface area contributed by atoms with Crippen LogP contribution in [0.25, 0.3) is 0 Å². The van der Waals surface area contributed by atoms with Gasteiger partial charge in [-0.3, -0.25) is 0 Å². The van der Waals surface area contributed by atoms with Crippen LogP contribution in [0.15, 0.2) is 29.3 Å². The number of nitrogens with zero attached hydrogens (tertiary/aromatic N) is 2. The predicted octanol–water partition coefficient (Wildman–Crippen LogP) is 2.93. The van der Waals surface area contributed by atoms with Gasteiger partial charge >= 0.3 is 0 Å². The van der Waals surface area contributed by atoms with Gasteiger partial charge in [-0.05, 0) is 51.0 Å². The molecule has 0 radical (unpaired) electrons. The largest absolute Gasteiger partial charge is 0.497 e. The van der Waals surface area contributed by atoms with E-state index in [0.717, 1.165) is 56.5 Å². The van der Waals surface area contributed by atoms with E-state index in [9.17, 15) is 0 Å². The number of hydrogen-bond acceptors (Lipinski definition) is 5. The van der Waals surface area contributed by atoms with Crippen LogP contribution in [-0.2, 0) is 9.47 Å². The molecule has 0 spiro atoms. The molecule has 0 saturated carbocycles. The Hall–Kier alpha value is -1.26. The molecule has 0 aliphatic carbocycles. The van der Waals surface area contributed by atoms with E-state index in [2.05, 4.69) is 17.1 Å². The Morgan fingerprint density at radius 3 is 2.59 bits per heavy atom. The number of nitrogens with one attached hydrogen (secondary N) is 1. The second kappa shape index (κ2) is 12.4. The lowest BCUT2D eigenvalue weighted by Crippen LogP contribution is -2.53. The summed E-state index contributed by atoms with van der Waals surface area (Å²) >= 11 is 0. The van der Waals surface area contributed by atoms with E-state index in [1.165, 1.54) is 0 Å². The monoisotopic (exact) mass is 519 g/mol. The van der Waals surface area contributed by atoms with Gasteiger partial charge in [0.1, 0.15) is 23.7 Å². The second-order valence-electron chi connectivity index (χ2n) is 7.21. The molecule has 2 fully saturated rings. The van der Waals surface area contributed by atoms with Crippen LogP contribution in [0.1, 0.15) is 26.7 Å². The molecular formula is C21H34IN3O4. The molecule has 1 aromatic rings. The number of aliphatic imine (C=N–C) groups is 1. The smallest absolute Gasteiger partial charge is 0.194 e. The first kappa shape index (κ1) is 24.0. The molecule has 2 aliphatic heterocycles. The van der Waals surface area contributed by atoms with E-state index < -0.39 is 0 Å². The fraction of sp³-hybridized carbons (Fsp3) is 0.667. The molecule has 29 heavy (non-hydrogen) atoms. The van der Waals surface area contributed by atoms with Gasteiger partial charge in [0.25, 0.3) is 0 Å². The Bertz CT molecular complexity index is 623. The van der Waals surface area contributed by atoms with Crippen molar-refractivity contribution in [1.29, 1.82) is 0 Å². The van der Waals surface area contributed by atoms with Crippen LogP contribution in [0.2, 0.25) is 0 Å². The van der Waals surface area contributed by atoms with Crippen molar-refractivity contribution in [2.45, 2.75) is 45.0 Å². The highest BCUT2D eigenvalue weighted by atomic mass is 127. The topological polar surface area (TPSA) is 64.6 Å². The van der Waals surface area contributed by atoms with E-state index in [1.807, 2.05) is 31.2 Å². The van der Waals surface area contributed by atoms with Crippen LogP contribution in [-0.4, -0.2) is 75.7 Å². The zero-order valence-electron chi connectivity index (χ0n) is 17.6. The zero-order valence-corrected chi connectivity index (χ0v) is 20.0. The maximum absolute atomic E-state index is 5.98. The Balaban J connectivity index is 0.00000300. The summed E-state index contributed by atoms with van der Waals surface area (Å²) in [6, 6.07) is 7.62. The summed E-state index contributed by atoms with van der Waals surface area (Å²) in [6.45, 7) is 8.72. The van der Waals surface area contributed by atoms with Crippen LogP contribution in [0.3, 0.4) is 0 Å². The van der Waals surface area contributed by atoms with Crippen molar-refractivity contribution in [2.24, 2.45) is 4.99 Å². The molecular weight excluding hydrogens is 485 g/mol. The predicted molar refractivity (Wildman–Crippen MR) is 125 cm³/mol. The number of ether oxygens (including phenoxy) is 4. The molecule has 1 aromatic carbocycles. The number of rotatable bonds is 7. The van der Waals surface area contributed by atoms with Gasteiger partial charge in [-0.1, -0.05) is 0 Å². The van der Waals surface area contributed by atoms with Gasteiger partial charge < -0.3 is 29.2 Å². The lowest BCUT2D eigenvalue weighted by Gasteiger charge is -2.37. The maximum atomic E-state index is 5.98. The van der Waals surface area contributed by atoms with Gasteiger partial charge in [0, 0.05) is 26.2 Å². The van der Waals surface area contributed by atoms with Crippen molar-refractivity contribution in [2.75, 3.05) is 46.5 Å². The SMILES string of the molecule is CCNC(=NCC(C)Oc1ccc(OC)cc1)N1CCOC(C2CCCO2)C1.I. The molecule has 0 aromatic heterocycles. The fourth-order valence-electron chi connectivity index (χ4n) is 3.55. The van der Waals surface area contributed by atoms with Gasteiger partial charge in [0.05, 0.1) is 26.4 Å². The molecule has 3 rings (SSSR count). The van der Waals surface area contributed by atoms with Crippen molar-refractivity contribution < 1.29 is 18.9 Å². The van der Waals surface area contributed by atoms with Gasteiger partial charge in [-0.25, -0.2) is 4.99 Å². The van der Waals surface area contributed by atoms with Crippen LogP contribution < -0.4 is 14.8 Å². The Morgan fingerprint density at radius 1 is 1.21 bits per heavy atom. The molecule has 7 nitrogen and oxygen atoms in total. The third-order valence-electron chi connectivity index (χ3n) is 5.00. The molecule has 2 heterocycles. The molecule has 0 amide bonds. The van der Waals surface area contributed by atoms with E-state index in [-0.39, 0.29) is 42.3 Å². The lowest BCUT2D eigenvalue weighted by molar-refractivity contribution is -0.0817. The average molecular weight is 519 g/mol. The Morgan fingerprint density at radius 2 is 1.93 bits per heavy atom. The second-order valence-corrected chi connectivity index (χ2v) is 7.21. The highest BCUT2D eigenvalue weighted by molar-refractivity contribution is 14.0. The van der Waals surface area contributed by atoms with Crippen molar-refractivity contribution >= 4 is 29.9 Å². The van der Waals surface area contributed by atoms with Crippen molar-refractivity contribution in [3.8, 4) is 11.5 Å². The average Bonchev–Trinajstić information content (AvgIpc) is 3.27. The minimum atomic E-state index is -0.0305. The summed E-state index contributed by atoms with van der Waals surface area (Å²) in [5.74, 6) is 2.55. The molecule has 1 N–H and O–H groups in total. The zero-order chi connectivity index (χ0) is 19.8. The van der Waals surface area contributed by atoms with E-state index in [4.69, 9.17) is 23.9 Å². The number of hydrogen-bond donors (Lipinski definition) is 1. The highest BCUT2D eigenvalue weighted by Gasteiger charge is 2.32. The molecule has 2 saturated heterocycles. The third-order valence-corrected chi connectivity index (χ3v) is 5.00. The molecule has 164 valence electrons. The summed E-state index contributed by atoms with van der Waals surface area (Å²) in [4.78, 5) is 7.09. The summed E-state index contributed by atoms with van der Waals surface area (Å²) in [6.07, 6.45) is 2.51. The van der Waals surface area contributed by atoms with E-state index in [1.54, 1.807) is 7.11 Å². The van der Waals surface area contributed by atoms with Gasteiger partial charge in [-0.2, -0.15) is 0 Å². The number of methoxy groups -OCH3 is 1. The van der Waals surface area contributed by atoms with Crippen LogP contribution in [0, 0.1) is 0 Å². The minimum Gasteiger partial charge on any atom is -0.497 e. The van der Waals surface area contributed by atoms with E-state index >= 15 is 0 Å². The van der Waals surface area contributed by atoms with Crippen molar-refractivity contribution in [3.05, 3.63) is 24.3 Å². The van der Waals surface area contributed by atoms with E-state index in [0.29, 0.717) is 13.2 Å². The first-order valence-electron chi connectivity index (χ1n) is 10.3. The third kappa shape index (κ3) is 7.18. The summed E-state index contributed by atoms with van der Waals surface area (Å²) in [5.41, 5.74) is 0. The first-order chi connectivity index (χ1) is 13.7. The number of halogens is 1. The Kier molecular flexibility index (Phi) is 10.3. The molecule has 3 unspecified atom stereocenters. The van der Waals surface area contributed by atoms with Gasteiger partial charge in [0.2, 0.25) is 0 Å². The molecule has 2 aliphatic rings. The number of morpholine rings is 1. The standard InChI is InChI=1S/C21H33N3O4.HI/c1-4-22-21(24-11-13-27-20(15-24)19-6-5-12-26-19)23-14-16(2)28-18-9-7-17(25-3)8-10-18;/h7-10,16,19-20H,4-6,11-15H2,1-3H3,(H,22,23);1H. The summed E-state index contributed by atoms with van der Waals surface area (Å²) in [5, 5.41) is 3.41. The Labute approximate surface area is 191 Å².